The average Bonchev–Trinajstić information content (AvgIpc) is 3.34. The number of likely N-dealkylation sites (tertiary alicyclic amines) is 1. The minimum absolute atomic E-state index is 0.396. The summed E-state index contributed by atoms with van der Waals surface area (Å²) in [6.45, 7) is 3.64. The summed E-state index contributed by atoms with van der Waals surface area (Å²) in [6.07, 6.45) is 3.55. The number of carboxylic acid groups (broad SMARTS) is 1. The van der Waals surface area contributed by atoms with Crippen LogP contribution in [0.2, 0.25) is 0 Å². The van der Waals surface area contributed by atoms with Gasteiger partial charge < -0.3 is 14.3 Å². The summed E-state index contributed by atoms with van der Waals surface area (Å²) >= 11 is 0. The van der Waals surface area contributed by atoms with Gasteiger partial charge >= 0.3 is 5.97 Å². The van der Waals surface area contributed by atoms with Crippen LogP contribution < -0.4 is 4.74 Å². The van der Waals surface area contributed by atoms with Crippen molar-refractivity contribution in [3.8, 4) is 34.4 Å². The van der Waals surface area contributed by atoms with Gasteiger partial charge in [-0.05, 0) is 61.6 Å². The van der Waals surface area contributed by atoms with Crippen molar-refractivity contribution in [3.63, 3.8) is 0 Å². The zero-order chi connectivity index (χ0) is 26.5. The number of hydrogen-bond donors (Lipinski definition) is 1. The van der Waals surface area contributed by atoms with Crippen molar-refractivity contribution in [2.45, 2.75) is 51.6 Å². The molecule has 0 radical (unpaired) electrons. The summed E-state index contributed by atoms with van der Waals surface area (Å²) in [6, 6.07) is 21.8. The Kier molecular flexibility index (Phi) is 7.71. The van der Waals surface area contributed by atoms with Gasteiger partial charge in [0, 0.05) is 30.2 Å². The molecular weight excluding hydrogens is 478 g/mol. The second kappa shape index (κ2) is 11.5. The molecule has 0 saturated carbocycles. The summed E-state index contributed by atoms with van der Waals surface area (Å²) in [4.78, 5) is 18.7. The molecule has 1 aliphatic heterocycles. The predicted molar refractivity (Wildman–Crippen MR) is 146 cm³/mol. The fraction of sp³-hybridized carbons (Fsp3) is 0.323. The van der Waals surface area contributed by atoms with Gasteiger partial charge in [-0.3, -0.25) is 9.69 Å². The van der Waals surface area contributed by atoms with Crippen LogP contribution in [-0.4, -0.2) is 40.2 Å². The van der Waals surface area contributed by atoms with E-state index in [1.807, 2.05) is 47.4 Å². The van der Waals surface area contributed by atoms with Crippen molar-refractivity contribution in [2.75, 3.05) is 13.2 Å². The van der Waals surface area contributed by atoms with Crippen LogP contribution in [-0.2, 0) is 11.3 Å². The van der Waals surface area contributed by atoms with E-state index in [1.54, 1.807) is 0 Å². The molecule has 1 atom stereocenters. The van der Waals surface area contributed by atoms with Crippen LogP contribution in [0.3, 0.4) is 0 Å². The number of carbonyl (C=O) groups is 1. The van der Waals surface area contributed by atoms with Gasteiger partial charge in [0.2, 0.25) is 5.89 Å². The number of piperidine rings is 1. The number of hydrogen-bond acceptors (Lipinski definition) is 6. The zero-order valence-electron chi connectivity index (χ0n) is 21.5. The number of nitriles is 1. The first-order chi connectivity index (χ1) is 18.5. The van der Waals surface area contributed by atoms with Crippen LogP contribution in [0.5, 0.6) is 5.75 Å². The number of rotatable bonds is 9. The molecule has 0 unspecified atom stereocenters. The van der Waals surface area contributed by atoms with Crippen LogP contribution in [0, 0.1) is 18.3 Å². The molecule has 5 rings (SSSR count). The molecule has 38 heavy (non-hydrogen) atoms. The van der Waals surface area contributed by atoms with Crippen molar-refractivity contribution in [2.24, 2.45) is 0 Å². The van der Waals surface area contributed by atoms with Gasteiger partial charge in [0.1, 0.15) is 17.3 Å². The summed E-state index contributed by atoms with van der Waals surface area (Å²) in [5, 5.41) is 18.6. The number of oxazole rings is 1. The minimum atomic E-state index is -0.792. The quantitative estimate of drug-likeness (QED) is 0.254. The van der Waals surface area contributed by atoms with Crippen LogP contribution in [0.4, 0.5) is 0 Å². The molecule has 1 N–H and O–H groups in total. The van der Waals surface area contributed by atoms with E-state index in [4.69, 9.17) is 19.4 Å². The van der Waals surface area contributed by atoms with E-state index in [1.165, 1.54) is 0 Å². The zero-order valence-corrected chi connectivity index (χ0v) is 21.5. The average molecular weight is 510 g/mol. The van der Waals surface area contributed by atoms with Gasteiger partial charge in [0.05, 0.1) is 12.7 Å². The van der Waals surface area contributed by atoms with Crippen LogP contribution in [0.15, 0.2) is 65.1 Å². The Morgan fingerprint density at radius 2 is 1.97 bits per heavy atom. The maximum atomic E-state index is 11.9. The van der Waals surface area contributed by atoms with Crippen molar-refractivity contribution in [3.05, 3.63) is 71.8 Å². The molecule has 7 nitrogen and oxygen atoms in total. The van der Waals surface area contributed by atoms with Crippen molar-refractivity contribution < 1.29 is 19.1 Å². The van der Waals surface area contributed by atoms with Crippen molar-refractivity contribution >= 4 is 17.1 Å². The lowest BCUT2D eigenvalue weighted by molar-refractivity contribution is -0.144. The number of nitrogens with zero attached hydrogens (tertiary/aromatic N) is 3. The molecule has 194 valence electrons. The lowest BCUT2D eigenvalue weighted by Crippen LogP contribution is -2.44. The monoisotopic (exact) mass is 509 g/mol. The lowest BCUT2D eigenvalue weighted by atomic mass is 9.96. The van der Waals surface area contributed by atoms with E-state index in [2.05, 4.69) is 31.2 Å². The van der Waals surface area contributed by atoms with E-state index < -0.39 is 12.0 Å². The number of carboxylic acids is 1. The van der Waals surface area contributed by atoms with Gasteiger partial charge in [0.15, 0.2) is 5.58 Å². The number of benzene rings is 3. The van der Waals surface area contributed by atoms with Gasteiger partial charge in [-0.25, -0.2) is 4.98 Å². The van der Waals surface area contributed by atoms with E-state index in [0.717, 1.165) is 47.2 Å². The fourth-order valence-electron chi connectivity index (χ4n) is 5.18. The second-order valence-electron chi connectivity index (χ2n) is 9.72. The fourth-order valence-corrected chi connectivity index (χ4v) is 5.18. The number of fused-ring (bicyclic) bond motifs is 1. The molecule has 0 spiro atoms. The Labute approximate surface area is 222 Å². The van der Waals surface area contributed by atoms with Crippen LogP contribution in [0.1, 0.15) is 43.2 Å². The van der Waals surface area contributed by atoms with E-state index >= 15 is 0 Å². The van der Waals surface area contributed by atoms with Gasteiger partial charge in [-0.15, -0.1) is 0 Å². The highest BCUT2D eigenvalue weighted by atomic mass is 16.5. The number of aromatic nitrogens is 1. The molecule has 3 aromatic carbocycles. The molecule has 0 bridgehead atoms. The topological polar surface area (TPSA) is 99.6 Å². The third-order valence-electron chi connectivity index (χ3n) is 7.18. The smallest absolute Gasteiger partial charge is 0.320 e. The maximum absolute atomic E-state index is 11.9. The molecule has 0 amide bonds. The van der Waals surface area contributed by atoms with Gasteiger partial charge in [-0.2, -0.15) is 5.26 Å². The van der Waals surface area contributed by atoms with E-state index in [-0.39, 0.29) is 0 Å². The first kappa shape index (κ1) is 25.5. The normalized spacial score (nSPS) is 15.8. The van der Waals surface area contributed by atoms with Crippen LogP contribution in [0.25, 0.3) is 33.7 Å². The summed E-state index contributed by atoms with van der Waals surface area (Å²) in [5.41, 5.74) is 6.44. The lowest BCUT2D eigenvalue weighted by Gasteiger charge is -2.33. The summed E-state index contributed by atoms with van der Waals surface area (Å²) < 4.78 is 12.3. The standard InChI is InChI=1S/C31H31N3O4/c1-21-24(22-10-3-2-4-11-22)12-9-13-25(21)30-33-26-18-23(20-34-16-7-5-14-27(34)31(35)36)28(19-29(26)38-30)37-17-8-6-15-32/h2-4,9-13,18-19,27H,5-8,14,16-17,20H2,1H3,(H,35,36)/t27-/m0/s1. The first-order valence-corrected chi connectivity index (χ1v) is 13.1. The predicted octanol–water partition coefficient (Wildman–Crippen LogP) is 6.59. The molecule has 1 fully saturated rings. The molecule has 7 heteroatoms. The summed E-state index contributed by atoms with van der Waals surface area (Å²) in [5.74, 6) is 0.381. The maximum Gasteiger partial charge on any atom is 0.320 e. The summed E-state index contributed by atoms with van der Waals surface area (Å²) in [7, 11) is 0. The first-order valence-electron chi connectivity index (χ1n) is 13.1. The highest BCUT2D eigenvalue weighted by Crippen LogP contribution is 2.35. The molecule has 1 aliphatic rings. The number of unbranched alkanes of at least 4 members (excludes halogenated alkanes) is 1. The Hall–Kier alpha value is -4.15. The van der Waals surface area contributed by atoms with Crippen molar-refractivity contribution in [1.29, 1.82) is 5.26 Å². The highest BCUT2D eigenvalue weighted by Gasteiger charge is 2.29. The SMILES string of the molecule is Cc1c(-c2ccccc2)cccc1-c1nc2cc(CN3CCCC[C@H]3C(=O)O)c(OCCCC#N)cc2o1. The van der Waals surface area contributed by atoms with Crippen molar-refractivity contribution in [1.82, 2.24) is 9.88 Å². The number of ether oxygens (including phenoxy) is 1. The molecule has 2 heterocycles. The Morgan fingerprint density at radius 1 is 1.16 bits per heavy atom. The Morgan fingerprint density at radius 3 is 2.76 bits per heavy atom. The van der Waals surface area contributed by atoms with E-state index in [9.17, 15) is 9.90 Å². The molecule has 1 aromatic heterocycles. The van der Waals surface area contributed by atoms with E-state index in [0.29, 0.717) is 55.2 Å². The Balaban J connectivity index is 1.51. The third-order valence-corrected chi connectivity index (χ3v) is 7.18. The number of aliphatic carboxylic acids is 1. The Bertz CT molecular complexity index is 1470. The molecule has 0 aliphatic carbocycles. The largest absolute Gasteiger partial charge is 0.493 e. The minimum Gasteiger partial charge on any atom is -0.493 e. The van der Waals surface area contributed by atoms with Gasteiger partial charge in [0.25, 0.3) is 0 Å². The highest BCUT2D eigenvalue weighted by molar-refractivity contribution is 5.82. The molecular formula is C31H31N3O4. The molecule has 1 saturated heterocycles. The third kappa shape index (κ3) is 5.41. The van der Waals surface area contributed by atoms with Gasteiger partial charge in [-0.1, -0.05) is 48.9 Å². The second-order valence-corrected chi connectivity index (χ2v) is 9.72. The molecule has 4 aromatic rings. The van der Waals surface area contributed by atoms with Crippen LogP contribution >= 0.6 is 0 Å².